The van der Waals surface area contributed by atoms with Gasteiger partial charge in [-0.1, -0.05) is 0 Å². The van der Waals surface area contributed by atoms with Crippen LogP contribution >= 0.6 is 38.9 Å². The molecule has 2 unspecified atom stereocenters. The predicted molar refractivity (Wildman–Crippen MR) is 64.3 cm³/mol. The van der Waals surface area contributed by atoms with Crippen molar-refractivity contribution in [2.75, 3.05) is 12.5 Å². The number of alkyl halides is 1. The Bertz CT molecular complexity index is 306. The number of aryl methyl sites for hydroxylation is 1. The third kappa shape index (κ3) is 2.01. The molecule has 14 heavy (non-hydrogen) atoms. The Hall–Kier alpha value is 0.430. The highest BCUT2D eigenvalue weighted by Crippen LogP contribution is 2.40. The van der Waals surface area contributed by atoms with Crippen LogP contribution in [0, 0.1) is 12.8 Å². The first-order valence-corrected chi connectivity index (χ1v) is 6.80. The maximum Gasteiger partial charge on any atom is 0.0957 e. The van der Waals surface area contributed by atoms with Gasteiger partial charge in [0.05, 0.1) is 6.10 Å². The van der Waals surface area contributed by atoms with Gasteiger partial charge in [0.2, 0.25) is 0 Å². The van der Waals surface area contributed by atoms with Crippen molar-refractivity contribution in [3.05, 3.63) is 20.3 Å². The smallest absolute Gasteiger partial charge is 0.0957 e. The van der Waals surface area contributed by atoms with Crippen LogP contribution in [0.25, 0.3) is 0 Å². The monoisotopic (exact) mass is 294 g/mol. The molecule has 0 radical (unpaired) electrons. The summed E-state index contributed by atoms with van der Waals surface area (Å²) in [6, 6.07) is 2.16. The molecule has 2 atom stereocenters. The Morgan fingerprint density at radius 2 is 2.50 bits per heavy atom. The Balaban J connectivity index is 2.21. The van der Waals surface area contributed by atoms with Crippen molar-refractivity contribution in [2.45, 2.75) is 19.4 Å². The summed E-state index contributed by atoms with van der Waals surface area (Å²) in [5.41, 5.74) is 0. The van der Waals surface area contributed by atoms with Gasteiger partial charge in [-0.15, -0.1) is 22.9 Å². The van der Waals surface area contributed by atoms with Crippen molar-refractivity contribution in [1.29, 1.82) is 0 Å². The van der Waals surface area contributed by atoms with E-state index in [0.717, 1.165) is 13.0 Å². The first kappa shape index (κ1) is 10.9. The molecule has 1 fully saturated rings. The van der Waals surface area contributed by atoms with Crippen molar-refractivity contribution >= 4 is 38.9 Å². The summed E-state index contributed by atoms with van der Waals surface area (Å²) in [4.78, 5) is 2.61. The summed E-state index contributed by atoms with van der Waals surface area (Å²) in [6.45, 7) is 2.96. The molecule has 0 saturated carbocycles. The lowest BCUT2D eigenvalue weighted by molar-refractivity contribution is 0.0980. The molecule has 4 heteroatoms. The molecular formula is C10H12BrClOS. The van der Waals surface area contributed by atoms with E-state index in [-0.39, 0.29) is 6.10 Å². The number of hydrogen-bond acceptors (Lipinski definition) is 2. The van der Waals surface area contributed by atoms with Crippen molar-refractivity contribution in [1.82, 2.24) is 0 Å². The summed E-state index contributed by atoms with van der Waals surface area (Å²) in [6.07, 6.45) is 1.31. The van der Waals surface area contributed by atoms with Gasteiger partial charge < -0.3 is 4.74 Å². The van der Waals surface area contributed by atoms with Crippen LogP contribution in [-0.4, -0.2) is 12.5 Å². The summed E-state index contributed by atoms with van der Waals surface area (Å²) in [5, 5.41) is 0. The quantitative estimate of drug-likeness (QED) is 0.745. The average Bonchev–Trinajstić information content (AvgIpc) is 2.73. The lowest BCUT2D eigenvalue weighted by Crippen LogP contribution is -2.07. The fraction of sp³-hybridized carbons (Fsp3) is 0.600. The van der Waals surface area contributed by atoms with Gasteiger partial charge >= 0.3 is 0 Å². The molecule has 1 aromatic rings. The number of halogens is 2. The second-order valence-electron chi connectivity index (χ2n) is 3.55. The minimum Gasteiger partial charge on any atom is -0.372 e. The zero-order chi connectivity index (χ0) is 10.1. The average molecular weight is 296 g/mol. The zero-order valence-electron chi connectivity index (χ0n) is 7.93. The topological polar surface area (TPSA) is 9.23 Å². The summed E-state index contributed by atoms with van der Waals surface area (Å²) in [7, 11) is 0. The van der Waals surface area contributed by atoms with Gasteiger partial charge in [0.1, 0.15) is 0 Å². The van der Waals surface area contributed by atoms with E-state index in [4.69, 9.17) is 16.3 Å². The fourth-order valence-corrected chi connectivity index (χ4v) is 3.75. The second-order valence-corrected chi connectivity index (χ2v) is 6.00. The predicted octanol–water partition coefficient (Wildman–Crippen LogP) is 4.14. The van der Waals surface area contributed by atoms with E-state index < -0.39 is 0 Å². The van der Waals surface area contributed by atoms with E-state index in [1.165, 1.54) is 14.2 Å². The van der Waals surface area contributed by atoms with E-state index >= 15 is 0 Å². The van der Waals surface area contributed by atoms with Gasteiger partial charge in [-0.05, 0) is 35.3 Å². The largest absolute Gasteiger partial charge is 0.372 e. The molecule has 78 valence electrons. The molecule has 0 aromatic carbocycles. The van der Waals surface area contributed by atoms with Gasteiger partial charge in [-0.2, -0.15) is 0 Å². The highest BCUT2D eigenvalue weighted by atomic mass is 79.9. The molecule has 2 rings (SSSR count). The minimum atomic E-state index is 0.225. The van der Waals surface area contributed by atoms with Gasteiger partial charge in [0.15, 0.2) is 0 Å². The number of rotatable bonds is 2. The molecule has 0 amide bonds. The number of hydrogen-bond donors (Lipinski definition) is 0. The van der Waals surface area contributed by atoms with Gasteiger partial charge in [-0.25, -0.2) is 0 Å². The van der Waals surface area contributed by atoms with Crippen LogP contribution in [0.5, 0.6) is 0 Å². The van der Waals surface area contributed by atoms with Crippen molar-refractivity contribution in [2.24, 2.45) is 5.92 Å². The highest BCUT2D eigenvalue weighted by molar-refractivity contribution is 9.10. The number of thiophene rings is 1. The van der Waals surface area contributed by atoms with Gasteiger partial charge in [-0.3, -0.25) is 0 Å². The van der Waals surface area contributed by atoms with Crippen LogP contribution in [0.2, 0.25) is 0 Å². The van der Waals surface area contributed by atoms with Gasteiger partial charge in [0.25, 0.3) is 0 Å². The molecule has 1 nitrogen and oxygen atoms in total. The van der Waals surface area contributed by atoms with Crippen LogP contribution in [0.3, 0.4) is 0 Å². The Morgan fingerprint density at radius 1 is 1.71 bits per heavy atom. The minimum absolute atomic E-state index is 0.225. The molecule has 0 aliphatic carbocycles. The van der Waals surface area contributed by atoms with E-state index in [1.807, 2.05) is 0 Å². The van der Waals surface area contributed by atoms with E-state index in [2.05, 4.69) is 28.9 Å². The Kier molecular flexibility index (Phi) is 3.53. The first-order valence-electron chi connectivity index (χ1n) is 4.65. The van der Waals surface area contributed by atoms with Crippen molar-refractivity contribution < 1.29 is 4.74 Å². The molecule has 2 heterocycles. The maximum atomic E-state index is 5.91. The Morgan fingerprint density at radius 3 is 3.07 bits per heavy atom. The summed E-state index contributed by atoms with van der Waals surface area (Å²) in [5.74, 6) is 1.18. The van der Waals surface area contributed by atoms with Gasteiger partial charge in [0, 0.05) is 32.6 Å². The number of ether oxygens (including phenoxy) is 1. The second kappa shape index (κ2) is 4.52. The molecule has 1 aromatic heterocycles. The molecule has 1 aliphatic heterocycles. The van der Waals surface area contributed by atoms with Crippen molar-refractivity contribution in [3.63, 3.8) is 0 Å². The van der Waals surface area contributed by atoms with E-state index in [9.17, 15) is 0 Å². The van der Waals surface area contributed by atoms with Crippen LogP contribution in [0.15, 0.2) is 10.5 Å². The van der Waals surface area contributed by atoms with Crippen LogP contribution in [-0.2, 0) is 4.74 Å². The van der Waals surface area contributed by atoms with E-state index in [1.54, 1.807) is 11.3 Å². The summed E-state index contributed by atoms with van der Waals surface area (Å²) < 4.78 is 6.90. The van der Waals surface area contributed by atoms with Crippen molar-refractivity contribution in [3.8, 4) is 0 Å². The molecule has 1 aliphatic rings. The molecule has 0 bridgehead atoms. The molecular weight excluding hydrogens is 284 g/mol. The molecule has 0 N–H and O–H groups in total. The Labute approximate surface area is 102 Å². The third-order valence-corrected chi connectivity index (χ3v) is 5.16. The zero-order valence-corrected chi connectivity index (χ0v) is 11.1. The SMILES string of the molecule is Cc1sc(C2OCCC2CCl)cc1Br. The molecule has 1 saturated heterocycles. The lowest BCUT2D eigenvalue weighted by atomic mass is 10.0. The third-order valence-electron chi connectivity index (χ3n) is 2.57. The fourth-order valence-electron chi connectivity index (χ4n) is 1.73. The van der Waals surface area contributed by atoms with Crippen LogP contribution < -0.4 is 0 Å². The maximum absolute atomic E-state index is 5.91. The normalized spacial score (nSPS) is 27.1. The standard InChI is InChI=1S/C10H12BrClOS/c1-6-8(11)4-9(14-6)10-7(5-12)2-3-13-10/h4,7,10H,2-3,5H2,1H3. The first-order chi connectivity index (χ1) is 6.72. The van der Waals surface area contributed by atoms with Crippen LogP contribution in [0.4, 0.5) is 0 Å². The molecule has 0 spiro atoms. The highest BCUT2D eigenvalue weighted by Gasteiger charge is 2.30. The summed E-state index contributed by atoms with van der Waals surface area (Å²) >= 11 is 11.2. The van der Waals surface area contributed by atoms with Crippen LogP contribution in [0.1, 0.15) is 22.3 Å². The lowest BCUT2D eigenvalue weighted by Gasteiger charge is -2.13. The van der Waals surface area contributed by atoms with E-state index in [0.29, 0.717) is 11.8 Å².